The zero-order valence-electron chi connectivity index (χ0n) is 16.9. The third kappa shape index (κ3) is 3.23. The highest BCUT2D eigenvalue weighted by atomic mass is 32.2. The maximum absolute atomic E-state index is 12.9. The molecule has 2 aliphatic rings. The number of sulfonamides is 1. The van der Waals surface area contributed by atoms with Gasteiger partial charge in [0.15, 0.2) is 5.78 Å². The number of nitrogens with two attached hydrogens (primary N) is 1. The quantitative estimate of drug-likeness (QED) is 0.615. The summed E-state index contributed by atoms with van der Waals surface area (Å²) >= 11 is 0. The molecular weight excluding hydrogens is 418 g/mol. The first-order chi connectivity index (χ1) is 14.8. The number of pyridine rings is 1. The summed E-state index contributed by atoms with van der Waals surface area (Å²) in [5.74, 6) is 0.183. The van der Waals surface area contributed by atoms with Gasteiger partial charge < -0.3 is 10.5 Å². The van der Waals surface area contributed by atoms with Crippen LogP contribution >= 0.6 is 0 Å². The predicted molar refractivity (Wildman–Crippen MR) is 115 cm³/mol. The first-order valence-corrected chi connectivity index (χ1v) is 11.4. The summed E-state index contributed by atoms with van der Waals surface area (Å²) in [4.78, 5) is 17.4. The Morgan fingerprint density at radius 2 is 2.10 bits per heavy atom. The van der Waals surface area contributed by atoms with Crippen LogP contribution in [0.3, 0.4) is 0 Å². The number of aliphatic imine (C=N–C) groups is 1. The van der Waals surface area contributed by atoms with Gasteiger partial charge in [0.2, 0.25) is 16.0 Å². The molecule has 0 fully saturated rings. The fourth-order valence-electron chi connectivity index (χ4n) is 4.12. The highest BCUT2D eigenvalue weighted by Gasteiger charge is 2.46. The van der Waals surface area contributed by atoms with E-state index in [4.69, 9.17) is 10.5 Å². The molecule has 0 radical (unpaired) electrons. The zero-order chi connectivity index (χ0) is 21.8. The fourth-order valence-corrected chi connectivity index (χ4v) is 5.61. The number of hydrogen-bond donors (Lipinski definition) is 1. The van der Waals surface area contributed by atoms with E-state index in [1.54, 1.807) is 28.9 Å². The molecule has 0 saturated carbocycles. The molecule has 31 heavy (non-hydrogen) atoms. The van der Waals surface area contributed by atoms with Crippen molar-refractivity contribution >= 4 is 27.3 Å². The normalized spacial score (nSPS) is 22.1. The number of ether oxygens (including phenoxy) is 1. The van der Waals surface area contributed by atoms with E-state index in [0.717, 1.165) is 15.4 Å². The molecule has 4 heterocycles. The molecular formula is C21H21N5O4S. The average molecular weight is 439 g/mol. The van der Waals surface area contributed by atoms with Crippen molar-refractivity contribution in [1.82, 2.24) is 13.9 Å². The van der Waals surface area contributed by atoms with Crippen LogP contribution in [0.5, 0.6) is 5.75 Å². The number of rotatable bonds is 3. The smallest absolute Gasteiger partial charge is 0.239 e. The number of carbonyl (C=O) groups excluding carboxylic acids is 1. The van der Waals surface area contributed by atoms with Crippen LogP contribution in [0.1, 0.15) is 28.0 Å². The fraction of sp³-hybridized carbons (Fsp3) is 0.286. The van der Waals surface area contributed by atoms with E-state index in [0.29, 0.717) is 30.0 Å². The maximum atomic E-state index is 12.9. The zero-order valence-corrected chi connectivity index (χ0v) is 17.7. The number of hydrogen-bond acceptors (Lipinski definition) is 7. The average Bonchev–Trinajstić information content (AvgIpc) is 3.17. The van der Waals surface area contributed by atoms with Crippen molar-refractivity contribution in [3.05, 3.63) is 65.5 Å². The molecule has 2 N–H and O–H groups in total. The first-order valence-electron chi connectivity index (χ1n) is 9.83. The molecule has 10 heteroatoms. The molecule has 1 spiro atoms. The lowest BCUT2D eigenvalue weighted by molar-refractivity contribution is 0.0987. The first kappa shape index (κ1) is 19.6. The van der Waals surface area contributed by atoms with Crippen LogP contribution in [0.2, 0.25) is 0 Å². The number of ketones is 1. The van der Waals surface area contributed by atoms with Crippen molar-refractivity contribution in [2.45, 2.75) is 18.4 Å². The number of aromatic nitrogens is 2. The Hall–Kier alpha value is -3.40. The standard InChI is InChI=1S/C21H21N5O4S/c1-25-20(22)23-21(13-31(25,28)29)7-9-30-19-6-5-14(10-16(19)21)11-18(27)17-12-15-4-2-3-8-26(15)24-17/h2-6,8,10,12H,7,9,11,13H2,1H3,(H2,22,23)/t21-/m0/s1. The van der Waals surface area contributed by atoms with Crippen LogP contribution in [-0.2, 0) is 22.0 Å². The third-order valence-corrected chi connectivity index (χ3v) is 7.69. The highest BCUT2D eigenvalue weighted by molar-refractivity contribution is 7.89. The molecule has 2 aromatic heterocycles. The number of nitrogens with zero attached hydrogens (tertiary/aromatic N) is 4. The lowest BCUT2D eigenvalue weighted by Gasteiger charge is -2.40. The highest BCUT2D eigenvalue weighted by Crippen LogP contribution is 2.43. The summed E-state index contributed by atoms with van der Waals surface area (Å²) in [6, 6.07) is 12.7. The number of carbonyl (C=O) groups is 1. The van der Waals surface area contributed by atoms with Crippen molar-refractivity contribution in [2.24, 2.45) is 10.7 Å². The number of benzene rings is 1. The number of guanidine groups is 1. The molecule has 160 valence electrons. The van der Waals surface area contributed by atoms with Crippen molar-refractivity contribution in [3.63, 3.8) is 0 Å². The monoisotopic (exact) mass is 439 g/mol. The van der Waals surface area contributed by atoms with E-state index < -0.39 is 15.6 Å². The molecule has 0 amide bonds. The molecule has 0 bridgehead atoms. The number of fused-ring (bicyclic) bond motifs is 3. The molecule has 0 aliphatic carbocycles. The van der Waals surface area contributed by atoms with Gasteiger partial charge in [-0.3, -0.25) is 4.79 Å². The van der Waals surface area contributed by atoms with Crippen LogP contribution < -0.4 is 10.5 Å². The Morgan fingerprint density at radius 1 is 1.26 bits per heavy atom. The Morgan fingerprint density at radius 3 is 2.87 bits per heavy atom. The van der Waals surface area contributed by atoms with Crippen LogP contribution in [0.4, 0.5) is 0 Å². The second-order valence-corrected chi connectivity index (χ2v) is 9.85. The van der Waals surface area contributed by atoms with Crippen molar-refractivity contribution in [1.29, 1.82) is 0 Å². The molecule has 0 saturated heterocycles. The SMILES string of the molecule is CN1C(N)=N[C@@]2(CCOc3ccc(CC(=O)c4cc5ccccn5n4)cc32)CS1(=O)=O. The topological polar surface area (TPSA) is 119 Å². The van der Waals surface area contributed by atoms with Gasteiger partial charge in [0.25, 0.3) is 0 Å². The van der Waals surface area contributed by atoms with E-state index in [1.807, 2.05) is 24.3 Å². The molecule has 3 aromatic rings. The summed E-state index contributed by atoms with van der Waals surface area (Å²) in [6.07, 6.45) is 2.30. The molecule has 5 rings (SSSR count). The van der Waals surface area contributed by atoms with Gasteiger partial charge in [-0.2, -0.15) is 5.10 Å². The van der Waals surface area contributed by atoms with E-state index in [9.17, 15) is 13.2 Å². The Bertz CT molecular complexity index is 1310. The lowest BCUT2D eigenvalue weighted by atomic mass is 9.85. The predicted octanol–water partition coefficient (Wildman–Crippen LogP) is 1.33. The van der Waals surface area contributed by atoms with Gasteiger partial charge in [0.1, 0.15) is 17.0 Å². The van der Waals surface area contributed by atoms with Gasteiger partial charge in [-0.05, 0) is 35.9 Å². The Labute approximate surface area is 179 Å². The maximum Gasteiger partial charge on any atom is 0.239 e. The van der Waals surface area contributed by atoms with Crippen LogP contribution in [0, 0.1) is 0 Å². The van der Waals surface area contributed by atoms with Gasteiger partial charge in [-0.15, -0.1) is 0 Å². The molecule has 0 unspecified atom stereocenters. The molecule has 9 nitrogen and oxygen atoms in total. The van der Waals surface area contributed by atoms with E-state index >= 15 is 0 Å². The second kappa shape index (κ2) is 6.81. The van der Waals surface area contributed by atoms with E-state index in [2.05, 4.69) is 10.1 Å². The number of Topliss-reactive ketones (excluding diaryl/α,β-unsaturated/α-hetero) is 1. The van der Waals surface area contributed by atoms with Gasteiger partial charge in [-0.1, -0.05) is 12.1 Å². The summed E-state index contributed by atoms with van der Waals surface area (Å²) in [5.41, 5.74) is 7.50. The molecule has 1 atom stereocenters. The second-order valence-electron chi connectivity index (χ2n) is 7.85. The minimum atomic E-state index is -3.61. The lowest BCUT2D eigenvalue weighted by Crippen LogP contribution is -2.52. The Balaban J connectivity index is 1.51. The van der Waals surface area contributed by atoms with Crippen molar-refractivity contribution in [2.75, 3.05) is 19.4 Å². The van der Waals surface area contributed by atoms with Crippen LogP contribution in [0.15, 0.2) is 53.7 Å². The van der Waals surface area contributed by atoms with E-state index in [-0.39, 0.29) is 23.9 Å². The van der Waals surface area contributed by atoms with Crippen molar-refractivity contribution in [3.8, 4) is 5.75 Å². The van der Waals surface area contributed by atoms with Gasteiger partial charge in [0.05, 0.1) is 17.9 Å². The minimum absolute atomic E-state index is 0.0507. The van der Waals surface area contributed by atoms with Gasteiger partial charge >= 0.3 is 0 Å². The van der Waals surface area contributed by atoms with Gasteiger partial charge in [0, 0.05) is 31.6 Å². The Kier molecular flexibility index (Phi) is 4.30. The largest absolute Gasteiger partial charge is 0.493 e. The summed E-state index contributed by atoms with van der Waals surface area (Å²) in [7, 11) is -2.22. The molecule has 2 aliphatic heterocycles. The van der Waals surface area contributed by atoms with Crippen LogP contribution in [-0.4, -0.2) is 53.5 Å². The summed E-state index contributed by atoms with van der Waals surface area (Å²) < 4.78 is 33.7. The van der Waals surface area contributed by atoms with Gasteiger partial charge in [-0.25, -0.2) is 22.2 Å². The van der Waals surface area contributed by atoms with Crippen LogP contribution in [0.25, 0.3) is 5.52 Å². The molecule has 1 aromatic carbocycles. The third-order valence-electron chi connectivity index (χ3n) is 5.83. The summed E-state index contributed by atoms with van der Waals surface area (Å²) in [5, 5.41) is 4.34. The van der Waals surface area contributed by atoms with Crippen molar-refractivity contribution < 1.29 is 17.9 Å². The summed E-state index contributed by atoms with van der Waals surface area (Å²) in [6.45, 7) is 0.336. The van der Waals surface area contributed by atoms with E-state index in [1.165, 1.54) is 7.05 Å². The minimum Gasteiger partial charge on any atom is -0.493 e.